The zero-order chi connectivity index (χ0) is 14.7. The quantitative estimate of drug-likeness (QED) is 0.460. The zero-order valence-electron chi connectivity index (χ0n) is 9.79. The van der Waals surface area contributed by atoms with Crippen LogP contribution in [0.1, 0.15) is 23.2 Å². The first-order valence-corrected chi connectivity index (χ1v) is 8.67. The standard InChI is InChI=1S/C10H14O7P2/c11-9(8-4-2-1-3-5-8)6-7-10(18(12,13)14)19(15,16)17/h1-5,10H,6-7H2,(H2,12,13,14)(H2,15,16,17). The van der Waals surface area contributed by atoms with Crippen LogP contribution >= 0.6 is 15.2 Å². The largest absolute Gasteiger partial charge is 0.340 e. The molecule has 1 aromatic rings. The van der Waals surface area contributed by atoms with E-state index in [1.807, 2.05) is 0 Å². The summed E-state index contributed by atoms with van der Waals surface area (Å²) in [5, 5.41) is -2.13. The molecule has 0 saturated heterocycles. The van der Waals surface area contributed by atoms with Gasteiger partial charge in [-0.3, -0.25) is 13.9 Å². The SMILES string of the molecule is O=C(CCC(P(=O)(O)O)P(=O)(O)O)c1ccccc1. The van der Waals surface area contributed by atoms with Crippen LogP contribution in [0.4, 0.5) is 0 Å². The van der Waals surface area contributed by atoms with E-state index in [-0.39, 0.29) is 6.42 Å². The van der Waals surface area contributed by atoms with Crippen molar-refractivity contribution in [1.29, 1.82) is 0 Å². The minimum absolute atomic E-state index is 0.331. The van der Waals surface area contributed by atoms with Crippen molar-refractivity contribution < 1.29 is 33.5 Å². The van der Waals surface area contributed by atoms with Gasteiger partial charge in [-0.05, 0) is 6.42 Å². The maximum absolute atomic E-state index is 11.7. The summed E-state index contributed by atoms with van der Waals surface area (Å²) >= 11 is 0. The second-order valence-corrected chi connectivity index (χ2v) is 8.00. The van der Waals surface area contributed by atoms with Crippen LogP contribution in [0.5, 0.6) is 0 Å². The molecule has 1 aromatic carbocycles. The summed E-state index contributed by atoms with van der Waals surface area (Å²) in [6.07, 6.45) is -0.910. The molecule has 0 fully saturated rings. The van der Waals surface area contributed by atoms with Crippen LogP contribution in [0.3, 0.4) is 0 Å². The van der Waals surface area contributed by atoms with E-state index in [0.717, 1.165) is 0 Å². The number of hydrogen-bond acceptors (Lipinski definition) is 3. The molecule has 0 aliphatic carbocycles. The third-order valence-electron chi connectivity index (χ3n) is 2.50. The molecular formula is C10H14O7P2. The normalized spacial score (nSPS) is 12.7. The Labute approximate surface area is 109 Å². The topological polar surface area (TPSA) is 132 Å². The Bertz CT molecular complexity index is 508. The summed E-state index contributed by atoms with van der Waals surface area (Å²) in [5.74, 6) is -0.424. The molecule has 4 N–H and O–H groups in total. The maximum atomic E-state index is 11.7. The summed E-state index contributed by atoms with van der Waals surface area (Å²) in [5.41, 5.74) is 0.331. The Balaban J connectivity index is 2.77. The maximum Gasteiger partial charge on any atom is 0.340 e. The highest BCUT2D eigenvalue weighted by Gasteiger charge is 2.43. The summed E-state index contributed by atoms with van der Waals surface area (Å²) in [7, 11) is -9.92. The molecular weight excluding hydrogens is 294 g/mol. The predicted molar refractivity (Wildman–Crippen MR) is 67.9 cm³/mol. The van der Waals surface area contributed by atoms with Crippen molar-refractivity contribution in [2.45, 2.75) is 18.2 Å². The lowest BCUT2D eigenvalue weighted by atomic mass is 10.1. The summed E-state index contributed by atoms with van der Waals surface area (Å²) in [4.78, 5) is 47.3. The van der Waals surface area contributed by atoms with Crippen molar-refractivity contribution >= 4 is 21.0 Å². The van der Waals surface area contributed by atoms with Crippen LogP contribution in [0.25, 0.3) is 0 Å². The molecule has 0 amide bonds. The lowest BCUT2D eigenvalue weighted by Crippen LogP contribution is -2.12. The number of hydrogen-bond donors (Lipinski definition) is 4. The smallest absolute Gasteiger partial charge is 0.324 e. The van der Waals surface area contributed by atoms with Gasteiger partial charge >= 0.3 is 15.2 Å². The van der Waals surface area contributed by atoms with Gasteiger partial charge in [0.05, 0.1) is 0 Å². The van der Waals surface area contributed by atoms with Crippen LogP contribution in [0, 0.1) is 0 Å². The molecule has 0 saturated carbocycles. The van der Waals surface area contributed by atoms with E-state index >= 15 is 0 Å². The number of carbonyl (C=O) groups excluding carboxylic acids is 1. The molecule has 106 valence electrons. The minimum Gasteiger partial charge on any atom is -0.324 e. The second-order valence-electron chi connectivity index (χ2n) is 3.99. The molecule has 0 aromatic heterocycles. The average molecular weight is 308 g/mol. The zero-order valence-corrected chi connectivity index (χ0v) is 11.6. The van der Waals surface area contributed by atoms with Crippen molar-refractivity contribution in [2.24, 2.45) is 0 Å². The molecule has 7 nitrogen and oxygen atoms in total. The average Bonchev–Trinajstić information content (AvgIpc) is 2.26. The van der Waals surface area contributed by atoms with Crippen LogP contribution in [-0.2, 0) is 9.13 Å². The van der Waals surface area contributed by atoms with Gasteiger partial charge in [0.1, 0.15) is 0 Å². The second kappa shape index (κ2) is 6.09. The molecule has 0 bridgehead atoms. The van der Waals surface area contributed by atoms with Gasteiger partial charge in [0.2, 0.25) is 0 Å². The summed E-state index contributed by atoms with van der Waals surface area (Å²) in [6.45, 7) is 0. The number of carbonyl (C=O) groups is 1. The van der Waals surface area contributed by atoms with Crippen LogP contribution in [-0.4, -0.2) is 30.8 Å². The van der Waals surface area contributed by atoms with Gasteiger partial charge in [0.15, 0.2) is 11.2 Å². The molecule has 0 aliphatic rings. The fourth-order valence-corrected chi connectivity index (χ4v) is 4.06. The fraction of sp³-hybridized carbons (Fsp3) is 0.300. The Morgan fingerprint density at radius 2 is 1.47 bits per heavy atom. The highest BCUT2D eigenvalue weighted by atomic mass is 31.2. The summed E-state index contributed by atoms with van der Waals surface area (Å²) < 4.78 is 22.0. The van der Waals surface area contributed by atoms with Crippen LogP contribution in [0.15, 0.2) is 30.3 Å². The molecule has 0 aliphatic heterocycles. The molecule has 19 heavy (non-hydrogen) atoms. The van der Waals surface area contributed by atoms with Gasteiger partial charge in [-0.25, -0.2) is 0 Å². The van der Waals surface area contributed by atoms with Gasteiger partial charge in [0.25, 0.3) is 0 Å². The van der Waals surface area contributed by atoms with Gasteiger partial charge in [-0.2, -0.15) is 0 Å². The molecule has 0 heterocycles. The molecule has 0 unspecified atom stereocenters. The Morgan fingerprint density at radius 1 is 1.00 bits per heavy atom. The lowest BCUT2D eigenvalue weighted by molar-refractivity contribution is 0.0980. The van der Waals surface area contributed by atoms with Crippen molar-refractivity contribution in [3.05, 3.63) is 35.9 Å². The van der Waals surface area contributed by atoms with Gasteiger partial charge in [-0.15, -0.1) is 0 Å². The predicted octanol–water partition coefficient (Wildman–Crippen LogP) is 1.33. The van der Waals surface area contributed by atoms with Crippen LogP contribution in [0.2, 0.25) is 0 Å². The minimum atomic E-state index is -4.96. The first kappa shape index (κ1) is 16.2. The van der Waals surface area contributed by atoms with E-state index in [1.54, 1.807) is 18.2 Å². The van der Waals surface area contributed by atoms with E-state index in [4.69, 9.17) is 19.6 Å². The molecule has 0 atom stereocenters. The van der Waals surface area contributed by atoms with E-state index in [0.29, 0.717) is 5.56 Å². The Hall–Kier alpha value is -0.810. The van der Waals surface area contributed by atoms with Crippen molar-refractivity contribution in [2.75, 3.05) is 0 Å². The monoisotopic (exact) mass is 308 g/mol. The van der Waals surface area contributed by atoms with E-state index in [2.05, 4.69) is 0 Å². The van der Waals surface area contributed by atoms with Crippen LogP contribution < -0.4 is 0 Å². The molecule has 1 rings (SSSR count). The first-order valence-electron chi connectivity index (χ1n) is 5.31. The Kier molecular flexibility index (Phi) is 5.21. The number of benzene rings is 1. The highest BCUT2D eigenvalue weighted by Crippen LogP contribution is 2.61. The van der Waals surface area contributed by atoms with E-state index in [9.17, 15) is 13.9 Å². The van der Waals surface area contributed by atoms with Crippen molar-refractivity contribution in [3.8, 4) is 0 Å². The molecule has 9 heteroatoms. The van der Waals surface area contributed by atoms with Crippen molar-refractivity contribution in [3.63, 3.8) is 0 Å². The highest BCUT2D eigenvalue weighted by molar-refractivity contribution is 7.70. The molecule has 0 spiro atoms. The van der Waals surface area contributed by atoms with Crippen molar-refractivity contribution in [1.82, 2.24) is 0 Å². The Morgan fingerprint density at radius 3 is 1.89 bits per heavy atom. The van der Waals surface area contributed by atoms with Gasteiger partial charge in [0, 0.05) is 12.0 Å². The van der Waals surface area contributed by atoms with E-state index in [1.165, 1.54) is 12.1 Å². The first-order chi connectivity index (χ1) is 8.62. The van der Waals surface area contributed by atoms with E-state index < -0.39 is 32.8 Å². The summed E-state index contributed by atoms with van der Waals surface area (Å²) in [6, 6.07) is 7.98. The number of ketones is 1. The van der Waals surface area contributed by atoms with Gasteiger partial charge < -0.3 is 19.6 Å². The number of Topliss-reactive ketones (excluding diaryl/α,β-unsaturated/α-hetero) is 1. The molecule has 0 radical (unpaired) electrons. The lowest BCUT2D eigenvalue weighted by Gasteiger charge is -2.18. The number of rotatable bonds is 6. The third kappa shape index (κ3) is 4.99. The third-order valence-corrected chi connectivity index (χ3v) is 6.38. The fourth-order valence-electron chi connectivity index (χ4n) is 1.56. The van der Waals surface area contributed by atoms with Gasteiger partial charge in [-0.1, -0.05) is 30.3 Å².